The Bertz CT molecular complexity index is 479. The molecule has 1 N–H and O–H groups in total. The van der Waals surface area contributed by atoms with Gasteiger partial charge in [0, 0.05) is 11.7 Å². The number of nitrogens with one attached hydrogen (secondary N) is 1. The average Bonchev–Trinajstić information content (AvgIpc) is 2.34. The Morgan fingerprint density at radius 3 is 2.95 bits per heavy atom. The molecule has 1 aromatic rings. The molecule has 1 heterocycles. The van der Waals surface area contributed by atoms with Gasteiger partial charge in [-0.25, -0.2) is 0 Å². The van der Waals surface area contributed by atoms with Gasteiger partial charge in [-0.1, -0.05) is 23.7 Å². The number of alkyl halides is 1. The molecule has 0 aromatic heterocycles. The van der Waals surface area contributed by atoms with Crippen LogP contribution in [0.5, 0.6) is 0 Å². The Balaban J connectivity index is 2.24. The lowest BCUT2D eigenvalue weighted by molar-refractivity contribution is -0.145. The lowest BCUT2D eigenvalue weighted by Gasteiger charge is -2.39. The molecule has 0 bridgehead atoms. The van der Waals surface area contributed by atoms with Crippen LogP contribution in [-0.2, 0) is 9.53 Å². The molecule has 104 valence electrons. The fourth-order valence-electron chi connectivity index (χ4n) is 2.51. The summed E-state index contributed by atoms with van der Waals surface area (Å²) in [5.74, 6) is -0.251. The minimum atomic E-state index is -0.409. The molecule has 1 aliphatic heterocycles. The molecule has 4 nitrogen and oxygen atoms in total. The van der Waals surface area contributed by atoms with Crippen molar-refractivity contribution in [3.63, 3.8) is 0 Å². The van der Waals surface area contributed by atoms with Crippen LogP contribution in [0.25, 0.3) is 0 Å². The third-order valence-corrected chi connectivity index (χ3v) is 3.78. The number of carbonyl (C=O) groups is 1. The van der Waals surface area contributed by atoms with Crippen molar-refractivity contribution in [2.24, 2.45) is 0 Å². The van der Waals surface area contributed by atoms with E-state index in [-0.39, 0.29) is 18.6 Å². The fourth-order valence-corrected chi connectivity index (χ4v) is 2.86. The molecule has 2 unspecified atom stereocenters. The van der Waals surface area contributed by atoms with E-state index in [9.17, 15) is 4.79 Å². The van der Waals surface area contributed by atoms with E-state index in [4.69, 9.17) is 16.3 Å². The second-order valence-corrected chi connectivity index (χ2v) is 5.08. The lowest BCUT2D eigenvalue weighted by Crippen LogP contribution is -2.46. The highest BCUT2D eigenvalue weighted by Gasteiger charge is 2.32. The highest BCUT2D eigenvalue weighted by Crippen LogP contribution is 2.37. The molecule has 0 amide bonds. The van der Waals surface area contributed by atoms with Crippen LogP contribution in [0.4, 0.5) is 5.69 Å². The van der Waals surface area contributed by atoms with E-state index in [1.54, 1.807) is 6.92 Å². The SMILES string of the molecule is CCOC(=O)CN1C(Cl)Nc2cccc(C)c2C1C. The number of aryl methyl sites for hydroxylation is 1. The molecule has 0 fully saturated rings. The first-order valence-corrected chi connectivity index (χ1v) is 6.89. The van der Waals surface area contributed by atoms with Gasteiger partial charge in [0.15, 0.2) is 5.62 Å². The van der Waals surface area contributed by atoms with Crippen molar-refractivity contribution in [3.05, 3.63) is 29.3 Å². The zero-order chi connectivity index (χ0) is 14.0. The van der Waals surface area contributed by atoms with Crippen LogP contribution in [0.3, 0.4) is 0 Å². The second-order valence-electron chi connectivity index (χ2n) is 4.67. The van der Waals surface area contributed by atoms with Crippen LogP contribution < -0.4 is 5.32 Å². The van der Waals surface area contributed by atoms with E-state index >= 15 is 0 Å². The molecule has 19 heavy (non-hydrogen) atoms. The number of hydrogen-bond donors (Lipinski definition) is 1. The predicted octanol–water partition coefficient (Wildman–Crippen LogP) is 2.87. The van der Waals surface area contributed by atoms with Crippen LogP contribution in [0.2, 0.25) is 0 Å². The topological polar surface area (TPSA) is 41.6 Å². The second kappa shape index (κ2) is 5.80. The quantitative estimate of drug-likeness (QED) is 0.526. The Morgan fingerprint density at radius 2 is 2.26 bits per heavy atom. The van der Waals surface area contributed by atoms with Crippen molar-refractivity contribution in [3.8, 4) is 0 Å². The van der Waals surface area contributed by atoms with Gasteiger partial charge in [0.25, 0.3) is 0 Å². The molecule has 1 aliphatic rings. The number of fused-ring (bicyclic) bond motifs is 1. The Morgan fingerprint density at radius 1 is 1.53 bits per heavy atom. The number of hydrogen-bond acceptors (Lipinski definition) is 4. The summed E-state index contributed by atoms with van der Waals surface area (Å²) >= 11 is 6.31. The van der Waals surface area contributed by atoms with Crippen molar-refractivity contribution in [2.45, 2.75) is 32.4 Å². The van der Waals surface area contributed by atoms with Gasteiger partial charge in [-0.05, 0) is 38.0 Å². The van der Waals surface area contributed by atoms with Gasteiger partial charge in [0.05, 0.1) is 6.61 Å². The number of halogens is 1. The fraction of sp³-hybridized carbons (Fsp3) is 0.500. The minimum absolute atomic E-state index is 0.0735. The standard InChI is InChI=1S/C14H19ClN2O2/c1-4-19-12(18)8-17-10(3)13-9(2)6-5-7-11(13)16-14(17)15/h5-7,10,14,16H,4,8H2,1-3H3. The summed E-state index contributed by atoms with van der Waals surface area (Å²) in [6.45, 7) is 6.49. The van der Waals surface area contributed by atoms with Gasteiger partial charge in [-0.2, -0.15) is 0 Å². The predicted molar refractivity (Wildman–Crippen MR) is 76.2 cm³/mol. The molecule has 0 radical (unpaired) electrons. The summed E-state index contributed by atoms with van der Waals surface area (Å²) in [6, 6.07) is 6.15. The van der Waals surface area contributed by atoms with Gasteiger partial charge in [0.1, 0.15) is 6.54 Å². The van der Waals surface area contributed by atoms with Crippen molar-refractivity contribution in [1.82, 2.24) is 4.90 Å². The maximum atomic E-state index is 11.6. The van der Waals surface area contributed by atoms with E-state index in [0.717, 1.165) is 5.69 Å². The summed E-state index contributed by atoms with van der Waals surface area (Å²) in [4.78, 5) is 13.5. The first-order chi connectivity index (χ1) is 9.04. The van der Waals surface area contributed by atoms with Crippen LogP contribution in [-0.4, -0.2) is 29.6 Å². The molecule has 0 saturated heterocycles. The summed E-state index contributed by atoms with van der Waals surface area (Å²) in [7, 11) is 0. The summed E-state index contributed by atoms with van der Waals surface area (Å²) in [5, 5.41) is 3.21. The molecule has 0 aliphatic carbocycles. The number of anilines is 1. The molecule has 5 heteroatoms. The largest absolute Gasteiger partial charge is 0.465 e. The molecule has 0 spiro atoms. The average molecular weight is 283 g/mol. The normalized spacial score (nSPS) is 22.5. The smallest absolute Gasteiger partial charge is 0.320 e. The third-order valence-electron chi connectivity index (χ3n) is 3.42. The van der Waals surface area contributed by atoms with E-state index in [1.807, 2.05) is 17.0 Å². The molecular formula is C14H19ClN2O2. The summed E-state index contributed by atoms with van der Waals surface area (Å²) < 4.78 is 4.99. The molecule has 2 rings (SSSR count). The van der Waals surface area contributed by atoms with Gasteiger partial charge in [-0.3, -0.25) is 9.69 Å². The van der Waals surface area contributed by atoms with Gasteiger partial charge < -0.3 is 10.1 Å². The number of esters is 1. The monoisotopic (exact) mass is 282 g/mol. The lowest BCUT2D eigenvalue weighted by atomic mass is 9.97. The van der Waals surface area contributed by atoms with E-state index in [2.05, 4.69) is 25.2 Å². The minimum Gasteiger partial charge on any atom is -0.465 e. The van der Waals surface area contributed by atoms with Crippen molar-refractivity contribution >= 4 is 23.3 Å². The van der Waals surface area contributed by atoms with Crippen molar-refractivity contribution in [1.29, 1.82) is 0 Å². The van der Waals surface area contributed by atoms with Gasteiger partial charge >= 0.3 is 5.97 Å². The van der Waals surface area contributed by atoms with Crippen molar-refractivity contribution in [2.75, 3.05) is 18.5 Å². The Hall–Kier alpha value is -1.26. The van der Waals surface area contributed by atoms with Gasteiger partial charge in [0.2, 0.25) is 0 Å². The number of nitrogens with zero attached hydrogens (tertiary/aromatic N) is 1. The zero-order valence-corrected chi connectivity index (χ0v) is 12.2. The molecule has 2 atom stereocenters. The first kappa shape index (κ1) is 14.2. The highest BCUT2D eigenvalue weighted by atomic mass is 35.5. The van der Waals surface area contributed by atoms with E-state index < -0.39 is 5.62 Å². The number of carbonyl (C=O) groups excluding carboxylic acids is 1. The van der Waals surface area contributed by atoms with Crippen LogP contribution in [0.1, 0.15) is 31.0 Å². The maximum Gasteiger partial charge on any atom is 0.320 e. The maximum absolute atomic E-state index is 11.6. The van der Waals surface area contributed by atoms with E-state index in [0.29, 0.717) is 6.61 Å². The summed E-state index contributed by atoms with van der Waals surface area (Å²) in [6.07, 6.45) is 0. The highest BCUT2D eigenvalue weighted by molar-refractivity contribution is 6.21. The molecular weight excluding hydrogens is 264 g/mol. The number of rotatable bonds is 3. The summed E-state index contributed by atoms with van der Waals surface area (Å²) in [5.41, 5.74) is 3.00. The first-order valence-electron chi connectivity index (χ1n) is 6.46. The van der Waals surface area contributed by atoms with Crippen LogP contribution in [0.15, 0.2) is 18.2 Å². The van der Waals surface area contributed by atoms with E-state index in [1.165, 1.54) is 11.1 Å². The third kappa shape index (κ3) is 2.85. The van der Waals surface area contributed by atoms with Crippen LogP contribution in [0, 0.1) is 6.92 Å². The Labute approximate surface area is 118 Å². The number of benzene rings is 1. The zero-order valence-electron chi connectivity index (χ0n) is 11.4. The van der Waals surface area contributed by atoms with Gasteiger partial charge in [-0.15, -0.1) is 0 Å². The molecule has 0 saturated carbocycles. The Kier molecular flexibility index (Phi) is 4.32. The van der Waals surface area contributed by atoms with Crippen molar-refractivity contribution < 1.29 is 9.53 Å². The number of ether oxygens (including phenoxy) is 1. The van der Waals surface area contributed by atoms with Crippen LogP contribution >= 0.6 is 11.6 Å². The molecule has 1 aromatic carbocycles.